The van der Waals surface area contributed by atoms with E-state index >= 15 is 0 Å². The van der Waals surface area contributed by atoms with E-state index in [-0.39, 0.29) is 18.4 Å². The minimum Gasteiger partial charge on any atom is -0.497 e. The van der Waals surface area contributed by atoms with Gasteiger partial charge in [0.1, 0.15) is 5.75 Å². The average Bonchev–Trinajstić information content (AvgIpc) is 2.98. The van der Waals surface area contributed by atoms with E-state index in [0.717, 1.165) is 18.4 Å². The topological polar surface area (TPSA) is 58.6 Å². The minimum atomic E-state index is -0.714. The first-order valence-electron chi connectivity index (χ1n) is 6.45. The van der Waals surface area contributed by atoms with Crippen LogP contribution in [0.5, 0.6) is 5.75 Å². The van der Waals surface area contributed by atoms with Gasteiger partial charge in [0.25, 0.3) is 0 Å². The molecule has 0 bridgehead atoms. The second-order valence-corrected chi connectivity index (χ2v) is 4.68. The van der Waals surface area contributed by atoms with Crippen molar-refractivity contribution >= 4 is 5.91 Å². The molecule has 0 fully saturated rings. The number of allylic oxidation sites excluding steroid dienone is 2. The highest BCUT2D eigenvalue weighted by Gasteiger charge is 2.19. The summed E-state index contributed by atoms with van der Waals surface area (Å²) in [6, 6.07) is 7.23. The molecule has 0 saturated heterocycles. The summed E-state index contributed by atoms with van der Waals surface area (Å²) in [6.45, 7) is 0.225. The van der Waals surface area contributed by atoms with Gasteiger partial charge in [-0.05, 0) is 30.5 Å². The van der Waals surface area contributed by atoms with Crippen LogP contribution in [0.15, 0.2) is 36.4 Å². The van der Waals surface area contributed by atoms with Crippen molar-refractivity contribution in [2.45, 2.75) is 18.9 Å². The van der Waals surface area contributed by atoms with Crippen LogP contribution in [0.25, 0.3) is 0 Å². The van der Waals surface area contributed by atoms with Gasteiger partial charge >= 0.3 is 0 Å². The van der Waals surface area contributed by atoms with Crippen molar-refractivity contribution in [2.24, 2.45) is 5.92 Å². The van der Waals surface area contributed by atoms with Crippen LogP contribution in [0.4, 0.5) is 0 Å². The third-order valence-corrected chi connectivity index (χ3v) is 3.33. The van der Waals surface area contributed by atoms with Crippen LogP contribution in [-0.4, -0.2) is 24.7 Å². The molecule has 1 aromatic rings. The van der Waals surface area contributed by atoms with E-state index in [1.165, 1.54) is 0 Å². The molecule has 4 nitrogen and oxygen atoms in total. The Labute approximate surface area is 113 Å². The SMILES string of the molecule is COc1cccc(C(O)CNC(=O)C2CC=CC2)c1. The third-order valence-electron chi connectivity index (χ3n) is 3.33. The maximum Gasteiger partial charge on any atom is 0.223 e. The molecule has 102 valence electrons. The smallest absolute Gasteiger partial charge is 0.223 e. The molecule has 0 heterocycles. The van der Waals surface area contributed by atoms with Crippen LogP contribution in [0.3, 0.4) is 0 Å². The summed E-state index contributed by atoms with van der Waals surface area (Å²) < 4.78 is 5.11. The molecular formula is C15H19NO3. The Bertz CT molecular complexity index is 462. The standard InChI is InChI=1S/C15H19NO3/c1-19-13-8-4-7-12(9-13)14(17)10-16-15(18)11-5-2-3-6-11/h2-4,7-9,11,14,17H,5-6,10H2,1H3,(H,16,18). The van der Waals surface area contributed by atoms with Crippen molar-refractivity contribution in [3.63, 3.8) is 0 Å². The Hall–Kier alpha value is -1.81. The number of ether oxygens (including phenoxy) is 1. The number of carbonyl (C=O) groups is 1. The molecule has 1 atom stereocenters. The largest absolute Gasteiger partial charge is 0.497 e. The number of methoxy groups -OCH3 is 1. The van der Waals surface area contributed by atoms with E-state index in [1.807, 2.05) is 30.4 Å². The molecular weight excluding hydrogens is 242 g/mol. The summed E-state index contributed by atoms with van der Waals surface area (Å²) in [5, 5.41) is 12.8. The Balaban J connectivity index is 1.86. The van der Waals surface area contributed by atoms with Crippen LogP contribution in [-0.2, 0) is 4.79 Å². The van der Waals surface area contributed by atoms with E-state index in [2.05, 4.69) is 5.32 Å². The van der Waals surface area contributed by atoms with E-state index < -0.39 is 6.10 Å². The molecule has 1 aliphatic rings. The summed E-state index contributed by atoms with van der Waals surface area (Å²) in [7, 11) is 1.58. The van der Waals surface area contributed by atoms with Crippen LogP contribution in [0.2, 0.25) is 0 Å². The lowest BCUT2D eigenvalue weighted by Gasteiger charge is -2.15. The number of amides is 1. The molecule has 1 aromatic carbocycles. The fourth-order valence-corrected chi connectivity index (χ4v) is 2.14. The molecule has 19 heavy (non-hydrogen) atoms. The lowest BCUT2D eigenvalue weighted by Crippen LogP contribution is -2.32. The highest BCUT2D eigenvalue weighted by molar-refractivity contribution is 5.79. The van der Waals surface area contributed by atoms with E-state index in [9.17, 15) is 9.90 Å². The van der Waals surface area contributed by atoms with Crippen molar-refractivity contribution < 1.29 is 14.6 Å². The van der Waals surface area contributed by atoms with Gasteiger partial charge < -0.3 is 15.2 Å². The highest BCUT2D eigenvalue weighted by atomic mass is 16.5. The number of hydrogen-bond donors (Lipinski definition) is 2. The summed E-state index contributed by atoms with van der Waals surface area (Å²) >= 11 is 0. The molecule has 4 heteroatoms. The first-order chi connectivity index (χ1) is 9.20. The zero-order chi connectivity index (χ0) is 13.7. The van der Waals surface area contributed by atoms with Crippen LogP contribution in [0.1, 0.15) is 24.5 Å². The van der Waals surface area contributed by atoms with E-state index in [4.69, 9.17) is 4.74 Å². The first kappa shape index (κ1) is 13.6. The molecule has 0 saturated carbocycles. The normalized spacial score (nSPS) is 16.3. The maximum atomic E-state index is 11.8. The predicted molar refractivity (Wildman–Crippen MR) is 72.8 cm³/mol. The predicted octanol–water partition coefficient (Wildman–Crippen LogP) is 1.81. The summed E-state index contributed by atoms with van der Waals surface area (Å²) in [5.74, 6) is 0.729. The molecule has 1 unspecified atom stereocenters. The second-order valence-electron chi connectivity index (χ2n) is 4.68. The Morgan fingerprint density at radius 3 is 2.89 bits per heavy atom. The monoisotopic (exact) mass is 261 g/mol. The molecule has 0 aliphatic heterocycles. The van der Waals surface area contributed by atoms with Crippen molar-refractivity contribution in [3.05, 3.63) is 42.0 Å². The Kier molecular flexibility index (Phi) is 4.58. The number of benzene rings is 1. The van der Waals surface area contributed by atoms with Gasteiger partial charge in [0.15, 0.2) is 0 Å². The summed E-state index contributed by atoms with van der Waals surface area (Å²) in [4.78, 5) is 11.8. The molecule has 0 aromatic heterocycles. The summed E-state index contributed by atoms with van der Waals surface area (Å²) in [5.41, 5.74) is 0.740. The lowest BCUT2D eigenvalue weighted by molar-refractivity contribution is -0.125. The van der Waals surface area contributed by atoms with Gasteiger partial charge in [-0.3, -0.25) is 4.79 Å². The minimum absolute atomic E-state index is 0.00643. The second kappa shape index (κ2) is 6.38. The van der Waals surface area contributed by atoms with Gasteiger partial charge in [-0.1, -0.05) is 24.3 Å². The number of carbonyl (C=O) groups excluding carboxylic acids is 1. The van der Waals surface area contributed by atoms with Crippen LogP contribution in [0, 0.1) is 5.92 Å². The number of hydrogen-bond acceptors (Lipinski definition) is 3. The fraction of sp³-hybridized carbons (Fsp3) is 0.400. The van der Waals surface area contributed by atoms with Gasteiger partial charge in [0.05, 0.1) is 13.2 Å². The van der Waals surface area contributed by atoms with Gasteiger partial charge in [0, 0.05) is 12.5 Å². The zero-order valence-electron chi connectivity index (χ0n) is 11.0. The van der Waals surface area contributed by atoms with Crippen molar-refractivity contribution in [1.29, 1.82) is 0 Å². The fourth-order valence-electron chi connectivity index (χ4n) is 2.14. The number of rotatable bonds is 5. The zero-order valence-corrected chi connectivity index (χ0v) is 11.0. The molecule has 2 rings (SSSR count). The van der Waals surface area contributed by atoms with Gasteiger partial charge in [-0.2, -0.15) is 0 Å². The first-order valence-corrected chi connectivity index (χ1v) is 6.45. The lowest BCUT2D eigenvalue weighted by atomic mass is 10.1. The summed E-state index contributed by atoms with van der Waals surface area (Å²) in [6.07, 6.45) is 4.90. The Morgan fingerprint density at radius 2 is 2.21 bits per heavy atom. The molecule has 1 amide bonds. The maximum absolute atomic E-state index is 11.8. The number of aliphatic hydroxyl groups is 1. The van der Waals surface area contributed by atoms with Crippen molar-refractivity contribution in [1.82, 2.24) is 5.32 Å². The number of nitrogens with one attached hydrogen (secondary N) is 1. The molecule has 0 spiro atoms. The molecule has 0 radical (unpaired) electrons. The van der Waals surface area contributed by atoms with Gasteiger partial charge in [0.2, 0.25) is 5.91 Å². The third kappa shape index (κ3) is 3.58. The van der Waals surface area contributed by atoms with Crippen LogP contribution < -0.4 is 10.1 Å². The highest BCUT2D eigenvalue weighted by Crippen LogP contribution is 2.20. The van der Waals surface area contributed by atoms with Crippen molar-refractivity contribution in [3.8, 4) is 5.75 Å². The Morgan fingerprint density at radius 1 is 1.47 bits per heavy atom. The van der Waals surface area contributed by atoms with E-state index in [1.54, 1.807) is 13.2 Å². The quantitative estimate of drug-likeness (QED) is 0.795. The van der Waals surface area contributed by atoms with Crippen LogP contribution >= 0.6 is 0 Å². The number of aliphatic hydroxyl groups excluding tert-OH is 1. The molecule has 2 N–H and O–H groups in total. The van der Waals surface area contributed by atoms with Crippen molar-refractivity contribution in [2.75, 3.05) is 13.7 Å². The van der Waals surface area contributed by atoms with Gasteiger partial charge in [-0.15, -0.1) is 0 Å². The van der Waals surface area contributed by atoms with Gasteiger partial charge in [-0.25, -0.2) is 0 Å². The van der Waals surface area contributed by atoms with E-state index in [0.29, 0.717) is 5.75 Å². The average molecular weight is 261 g/mol. The molecule has 1 aliphatic carbocycles.